The van der Waals surface area contributed by atoms with Crippen molar-refractivity contribution in [3.8, 4) is 11.5 Å². The van der Waals surface area contributed by atoms with Gasteiger partial charge in [-0.25, -0.2) is 0 Å². The molecule has 2 aromatic carbocycles. The molecular weight excluding hydrogens is 366 g/mol. The second-order valence-electron chi connectivity index (χ2n) is 6.67. The fraction of sp³-hybridized carbons (Fsp3) is 0.217. The highest BCUT2D eigenvalue weighted by Gasteiger charge is 2.19. The summed E-state index contributed by atoms with van der Waals surface area (Å²) in [6.45, 7) is 2.32. The molecule has 0 aliphatic heterocycles. The van der Waals surface area contributed by atoms with Crippen LogP contribution in [0.4, 0.5) is 0 Å². The van der Waals surface area contributed by atoms with Gasteiger partial charge in [0.2, 0.25) is 5.91 Å². The minimum Gasteiger partial charge on any atom is -0.493 e. The van der Waals surface area contributed by atoms with Crippen molar-refractivity contribution in [3.05, 3.63) is 89.7 Å². The fourth-order valence-electron chi connectivity index (χ4n) is 2.91. The summed E-state index contributed by atoms with van der Waals surface area (Å²) in [6.07, 6.45) is 3.45. The van der Waals surface area contributed by atoms with E-state index >= 15 is 0 Å². The van der Waals surface area contributed by atoms with E-state index in [0.717, 1.165) is 16.7 Å². The van der Waals surface area contributed by atoms with Gasteiger partial charge in [-0.15, -0.1) is 0 Å². The molecule has 0 radical (unpaired) electrons. The largest absolute Gasteiger partial charge is 0.493 e. The Morgan fingerprint density at radius 3 is 2.45 bits per heavy atom. The summed E-state index contributed by atoms with van der Waals surface area (Å²) in [5, 5.41) is 2.96. The van der Waals surface area contributed by atoms with E-state index in [-0.39, 0.29) is 11.9 Å². The first kappa shape index (κ1) is 20.4. The van der Waals surface area contributed by atoms with Crippen LogP contribution in [0.25, 0.3) is 0 Å². The Labute approximate surface area is 170 Å². The van der Waals surface area contributed by atoms with E-state index in [1.165, 1.54) is 0 Å². The van der Waals surface area contributed by atoms with Crippen LogP contribution in [0.5, 0.6) is 11.5 Å². The first-order valence-electron chi connectivity index (χ1n) is 9.39. The smallest absolute Gasteiger partial charge is 0.241 e. The number of nitrogens with one attached hydrogen (secondary N) is 1. The molecule has 0 aliphatic carbocycles. The van der Waals surface area contributed by atoms with Crippen molar-refractivity contribution in [2.45, 2.75) is 25.6 Å². The summed E-state index contributed by atoms with van der Waals surface area (Å²) in [4.78, 5) is 16.5. The summed E-state index contributed by atoms with van der Waals surface area (Å²) < 4.78 is 11.3. The number of aromatic nitrogens is 1. The zero-order chi connectivity index (χ0) is 20.6. The van der Waals surface area contributed by atoms with Crippen molar-refractivity contribution in [2.75, 3.05) is 7.11 Å². The van der Waals surface area contributed by atoms with Crippen molar-refractivity contribution >= 4 is 5.91 Å². The quantitative estimate of drug-likeness (QED) is 0.613. The Balaban J connectivity index is 1.66. The number of amides is 1. The van der Waals surface area contributed by atoms with Gasteiger partial charge in [0, 0.05) is 12.4 Å². The SMILES string of the molecule is COc1cc([C@@H](C)NC(=O)[C@@H](N)c2ccccc2)ccc1OCc1ccncc1. The third kappa shape index (κ3) is 5.33. The van der Waals surface area contributed by atoms with E-state index in [1.807, 2.05) is 67.6 Å². The van der Waals surface area contributed by atoms with Crippen molar-refractivity contribution in [1.29, 1.82) is 0 Å². The number of hydrogen-bond acceptors (Lipinski definition) is 5. The zero-order valence-electron chi connectivity index (χ0n) is 16.5. The van der Waals surface area contributed by atoms with E-state index in [2.05, 4.69) is 10.3 Å². The van der Waals surface area contributed by atoms with E-state index in [0.29, 0.717) is 18.1 Å². The van der Waals surface area contributed by atoms with Gasteiger partial charge in [-0.3, -0.25) is 9.78 Å². The maximum absolute atomic E-state index is 12.5. The van der Waals surface area contributed by atoms with E-state index in [9.17, 15) is 4.79 Å². The predicted molar refractivity (Wildman–Crippen MR) is 111 cm³/mol. The van der Waals surface area contributed by atoms with Crippen molar-refractivity contribution in [1.82, 2.24) is 10.3 Å². The lowest BCUT2D eigenvalue weighted by Crippen LogP contribution is -2.35. The molecule has 0 spiro atoms. The molecular formula is C23H25N3O3. The van der Waals surface area contributed by atoms with Gasteiger partial charge in [0.1, 0.15) is 12.6 Å². The van der Waals surface area contributed by atoms with Gasteiger partial charge < -0.3 is 20.5 Å². The molecule has 0 unspecified atom stereocenters. The normalized spacial score (nSPS) is 12.7. The minimum atomic E-state index is -0.719. The Hall–Kier alpha value is -3.38. The number of rotatable bonds is 8. The number of ether oxygens (including phenoxy) is 2. The Bertz CT molecular complexity index is 933. The Morgan fingerprint density at radius 1 is 1.03 bits per heavy atom. The molecule has 150 valence electrons. The molecule has 0 fully saturated rings. The van der Waals surface area contributed by atoms with Gasteiger partial charge >= 0.3 is 0 Å². The lowest BCUT2D eigenvalue weighted by atomic mass is 10.0. The molecule has 29 heavy (non-hydrogen) atoms. The van der Waals surface area contributed by atoms with Gasteiger partial charge in [-0.05, 0) is 47.9 Å². The van der Waals surface area contributed by atoms with Crippen LogP contribution in [0.1, 0.15) is 35.7 Å². The highest BCUT2D eigenvalue weighted by molar-refractivity contribution is 5.83. The van der Waals surface area contributed by atoms with Crippen LogP contribution >= 0.6 is 0 Å². The summed E-state index contributed by atoms with van der Waals surface area (Å²) in [5.74, 6) is 0.998. The van der Waals surface area contributed by atoms with Gasteiger partial charge in [0.15, 0.2) is 11.5 Å². The summed E-state index contributed by atoms with van der Waals surface area (Å²) in [5.41, 5.74) is 8.76. The monoisotopic (exact) mass is 391 g/mol. The third-order valence-corrected chi connectivity index (χ3v) is 4.63. The molecule has 0 saturated carbocycles. The number of nitrogens with zero attached hydrogens (tertiary/aromatic N) is 1. The fourth-order valence-corrected chi connectivity index (χ4v) is 2.91. The van der Waals surface area contributed by atoms with Crippen LogP contribution < -0.4 is 20.5 Å². The summed E-state index contributed by atoms with van der Waals surface area (Å²) in [7, 11) is 1.59. The number of nitrogens with two attached hydrogens (primary N) is 1. The van der Waals surface area contributed by atoms with Crippen LogP contribution in [0, 0.1) is 0 Å². The second-order valence-corrected chi connectivity index (χ2v) is 6.67. The molecule has 3 aromatic rings. The topological polar surface area (TPSA) is 86.5 Å². The van der Waals surface area contributed by atoms with Crippen LogP contribution in [0.2, 0.25) is 0 Å². The molecule has 1 amide bonds. The molecule has 3 N–H and O–H groups in total. The van der Waals surface area contributed by atoms with Gasteiger partial charge in [0.05, 0.1) is 13.2 Å². The summed E-state index contributed by atoms with van der Waals surface area (Å²) >= 11 is 0. The molecule has 6 heteroatoms. The van der Waals surface area contributed by atoms with Crippen LogP contribution in [0.3, 0.4) is 0 Å². The summed E-state index contributed by atoms with van der Waals surface area (Å²) in [6, 6.07) is 17.7. The number of pyridine rings is 1. The molecule has 3 rings (SSSR count). The Kier molecular flexibility index (Phi) is 6.81. The zero-order valence-corrected chi connectivity index (χ0v) is 16.5. The average molecular weight is 391 g/mol. The molecule has 0 bridgehead atoms. The van der Waals surface area contributed by atoms with E-state index in [4.69, 9.17) is 15.2 Å². The van der Waals surface area contributed by atoms with E-state index < -0.39 is 6.04 Å². The number of hydrogen-bond donors (Lipinski definition) is 2. The minimum absolute atomic E-state index is 0.235. The number of methoxy groups -OCH3 is 1. The molecule has 0 saturated heterocycles. The first-order chi connectivity index (χ1) is 14.1. The molecule has 1 heterocycles. The third-order valence-electron chi connectivity index (χ3n) is 4.63. The van der Waals surface area contributed by atoms with Gasteiger partial charge in [-0.1, -0.05) is 36.4 Å². The maximum atomic E-state index is 12.5. The van der Waals surface area contributed by atoms with Crippen molar-refractivity contribution < 1.29 is 14.3 Å². The highest BCUT2D eigenvalue weighted by Crippen LogP contribution is 2.31. The van der Waals surface area contributed by atoms with Crippen LogP contribution in [0.15, 0.2) is 73.1 Å². The van der Waals surface area contributed by atoms with E-state index in [1.54, 1.807) is 19.5 Å². The standard InChI is InChI=1S/C23H25N3O3/c1-16(26-23(27)22(24)18-6-4-3-5-7-18)19-8-9-20(21(14-19)28-2)29-15-17-10-12-25-13-11-17/h3-14,16,22H,15,24H2,1-2H3,(H,26,27)/t16-,22+/m1/s1. The molecule has 6 nitrogen and oxygen atoms in total. The van der Waals surface area contributed by atoms with Crippen molar-refractivity contribution in [2.24, 2.45) is 5.73 Å². The maximum Gasteiger partial charge on any atom is 0.241 e. The van der Waals surface area contributed by atoms with Gasteiger partial charge in [0.25, 0.3) is 0 Å². The number of benzene rings is 2. The van der Waals surface area contributed by atoms with Crippen molar-refractivity contribution in [3.63, 3.8) is 0 Å². The Morgan fingerprint density at radius 2 is 1.76 bits per heavy atom. The average Bonchev–Trinajstić information content (AvgIpc) is 2.78. The second kappa shape index (κ2) is 9.71. The molecule has 2 atom stereocenters. The number of carbonyl (C=O) groups is 1. The molecule has 0 aliphatic rings. The molecule has 1 aromatic heterocycles. The lowest BCUT2D eigenvalue weighted by molar-refractivity contribution is -0.123. The highest BCUT2D eigenvalue weighted by atomic mass is 16.5. The van der Waals surface area contributed by atoms with Crippen LogP contribution in [-0.2, 0) is 11.4 Å². The first-order valence-corrected chi connectivity index (χ1v) is 9.39. The lowest BCUT2D eigenvalue weighted by Gasteiger charge is -2.19. The number of carbonyl (C=O) groups excluding carboxylic acids is 1. The predicted octanol–water partition coefficient (Wildman–Crippen LogP) is 3.55. The van der Waals surface area contributed by atoms with Crippen LogP contribution in [-0.4, -0.2) is 18.0 Å². The van der Waals surface area contributed by atoms with Gasteiger partial charge in [-0.2, -0.15) is 0 Å².